The number of fused-ring (bicyclic) bond motifs is 1. The number of aromatic nitrogens is 5. The van der Waals surface area contributed by atoms with Gasteiger partial charge in [-0.2, -0.15) is 9.78 Å². The fourth-order valence-electron chi connectivity index (χ4n) is 5.21. The molecule has 6 aromatic rings. The van der Waals surface area contributed by atoms with Crippen molar-refractivity contribution >= 4 is 17.0 Å². The van der Waals surface area contributed by atoms with Gasteiger partial charge in [0.05, 0.1) is 35.1 Å². The van der Waals surface area contributed by atoms with Gasteiger partial charge in [0.1, 0.15) is 29.9 Å². The van der Waals surface area contributed by atoms with Crippen LogP contribution >= 0.6 is 0 Å². The van der Waals surface area contributed by atoms with E-state index < -0.39 is 29.7 Å². The van der Waals surface area contributed by atoms with Crippen LogP contribution in [0, 0.1) is 17.5 Å². The number of benzene rings is 3. The van der Waals surface area contributed by atoms with Gasteiger partial charge in [-0.05, 0) is 53.6 Å². The highest BCUT2D eigenvalue weighted by Crippen LogP contribution is 2.30. The molecule has 0 atom stereocenters. The predicted molar refractivity (Wildman–Crippen MR) is 164 cm³/mol. The molecule has 9 nitrogen and oxygen atoms in total. The second-order valence-electron chi connectivity index (χ2n) is 10.9. The summed E-state index contributed by atoms with van der Waals surface area (Å²) in [4.78, 5) is 20.3. The summed E-state index contributed by atoms with van der Waals surface area (Å²) in [5, 5.41) is 12.7. The molecule has 0 bridgehead atoms. The highest BCUT2D eigenvalue weighted by atomic mass is 19.4. The van der Waals surface area contributed by atoms with Gasteiger partial charge in [-0.15, -0.1) is 13.2 Å². The fourth-order valence-corrected chi connectivity index (χ4v) is 5.21. The maximum absolute atomic E-state index is 15.5. The molecule has 0 fully saturated rings. The van der Waals surface area contributed by atoms with Crippen molar-refractivity contribution in [1.82, 2.24) is 24.3 Å². The first-order chi connectivity index (χ1) is 23.4. The lowest BCUT2D eigenvalue weighted by Crippen LogP contribution is -2.16. The smallest absolute Gasteiger partial charge is 0.478 e. The number of methoxy groups -OCH3 is 1. The first kappa shape index (κ1) is 33.2. The molecule has 49 heavy (non-hydrogen) atoms. The SMILES string of the molecule is COCCn1c(Cc2cc(F)c(-c3cccc(OCc4ccc(-c5cnn(C(F)(F)F)c5)cc4F)n3)cc2F)nc2ccc(C(=O)O)cc21. The Kier molecular flexibility index (Phi) is 9.10. The molecule has 6 rings (SSSR count). The Morgan fingerprint density at radius 3 is 2.41 bits per heavy atom. The van der Waals surface area contributed by atoms with Crippen LogP contribution in [0.15, 0.2) is 79.1 Å². The van der Waals surface area contributed by atoms with Crippen LogP contribution < -0.4 is 4.74 Å². The Balaban J connectivity index is 1.20. The van der Waals surface area contributed by atoms with Crippen LogP contribution in [0.2, 0.25) is 0 Å². The number of nitrogens with zero attached hydrogens (tertiary/aromatic N) is 5. The van der Waals surface area contributed by atoms with Crippen molar-refractivity contribution in [2.75, 3.05) is 13.7 Å². The van der Waals surface area contributed by atoms with Crippen LogP contribution in [0.5, 0.6) is 5.88 Å². The number of carboxylic acid groups (broad SMARTS) is 1. The summed E-state index contributed by atoms with van der Waals surface area (Å²) in [5.74, 6) is -2.99. The van der Waals surface area contributed by atoms with Crippen LogP contribution in [-0.4, -0.2) is 49.1 Å². The van der Waals surface area contributed by atoms with Gasteiger partial charge in [-0.1, -0.05) is 18.2 Å². The molecule has 1 N–H and O–H groups in total. The van der Waals surface area contributed by atoms with Gasteiger partial charge in [-0.25, -0.2) is 27.9 Å². The van der Waals surface area contributed by atoms with E-state index in [4.69, 9.17) is 9.47 Å². The zero-order chi connectivity index (χ0) is 34.9. The molecule has 0 aliphatic carbocycles. The molecule has 0 spiro atoms. The van der Waals surface area contributed by atoms with E-state index in [-0.39, 0.29) is 69.3 Å². The minimum Gasteiger partial charge on any atom is -0.478 e. The van der Waals surface area contributed by atoms with E-state index in [1.54, 1.807) is 10.6 Å². The van der Waals surface area contributed by atoms with E-state index in [0.29, 0.717) is 23.4 Å². The Bertz CT molecular complexity index is 2180. The number of halogens is 6. The highest BCUT2D eigenvalue weighted by molar-refractivity contribution is 5.92. The number of rotatable bonds is 11. The molecule has 252 valence electrons. The summed E-state index contributed by atoms with van der Waals surface area (Å²) >= 11 is 0. The summed E-state index contributed by atoms with van der Waals surface area (Å²) in [6.07, 6.45) is -3.09. The molecular weight excluding hydrogens is 656 g/mol. The predicted octanol–water partition coefficient (Wildman–Crippen LogP) is 7.37. The number of carboxylic acids is 1. The van der Waals surface area contributed by atoms with Gasteiger partial charge in [-0.3, -0.25) is 0 Å². The molecule has 0 aliphatic rings. The first-order valence-electron chi connectivity index (χ1n) is 14.6. The standard InChI is InChI=1S/C34H25F6N5O4/c1-48-10-9-44-30-13-20(33(46)47)7-8-29(30)42-31(44)14-22-12-27(37)24(15-26(22)36)28-3-2-4-32(43-28)49-18-21-6-5-19(11-25(21)35)23-16-41-45(17-23)34(38,39)40/h2-8,11-13,15-17H,9-10,14,18H2,1H3,(H,46,47). The van der Waals surface area contributed by atoms with Crippen molar-refractivity contribution in [2.45, 2.75) is 25.9 Å². The third-order valence-electron chi connectivity index (χ3n) is 7.68. The summed E-state index contributed by atoms with van der Waals surface area (Å²) < 4.78 is 96.6. The fraction of sp³-hybridized carbons (Fsp3) is 0.176. The molecule has 0 saturated carbocycles. The van der Waals surface area contributed by atoms with Crippen LogP contribution in [0.3, 0.4) is 0 Å². The normalized spacial score (nSPS) is 11.7. The molecule has 3 aromatic carbocycles. The molecular formula is C34H25F6N5O4. The number of aromatic carboxylic acids is 1. The lowest BCUT2D eigenvalue weighted by atomic mass is 10.0. The summed E-state index contributed by atoms with van der Waals surface area (Å²) in [7, 11) is 1.50. The van der Waals surface area contributed by atoms with Crippen molar-refractivity contribution in [1.29, 1.82) is 0 Å². The number of hydrogen-bond acceptors (Lipinski definition) is 6. The second-order valence-corrected chi connectivity index (χ2v) is 10.9. The van der Waals surface area contributed by atoms with E-state index in [1.807, 2.05) is 0 Å². The summed E-state index contributed by atoms with van der Waals surface area (Å²) in [6.45, 7) is 0.259. The van der Waals surface area contributed by atoms with Crippen molar-refractivity contribution in [2.24, 2.45) is 0 Å². The van der Waals surface area contributed by atoms with Crippen molar-refractivity contribution in [3.8, 4) is 28.3 Å². The quantitative estimate of drug-likeness (QED) is 0.143. The molecule has 0 unspecified atom stereocenters. The Morgan fingerprint density at radius 2 is 1.69 bits per heavy atom. The number of ether oxygens (including phenoxy) is 2. The average Bonchev–Trinajstić information content (AvgIpc) is 3.70. The van der Waals surface area contributed by atoms with E-state index in [1.165, 1.54) is 49.6 Å². The lowest BCUT2D eigenvalue weighted by Gasteiger charge is -2.12. The van der Waals surface area contributed by atoms with Gasteiger partial charge in [0.15, 0.2) is 0 Å². The number of alkyl halides is 3. The minimum atomic E-state index is -4.70. The van der Waals surface area contributed by atoms with Gasteiger partial charge in [0, 0.05) is 49.0 Å². The maximum Gasteiger partial charge on any atom is 0.504 e. The Hall–Kier alpha value is -5.70. The van der Waals surface area contributed by atoms with E-state index >= 15 is 8.78 Å². The van der Waals surface area contributed by atoms with Crippen LogP contribution in [0.25, 0.3) is 33.4 Å². The third kappa shape index (κ3) is 7.11. The number of carbonyl (C=O) groups is 1. The largest absolute Gasteiger partial charge is 0.504 e. The van der Waals surface area contributed by atoms with Gasteiger partial charge >= 0.3 is 12.3 Å². The van der Waals surface area contributed by atoms with Gasteiger partial charge in [0.2, 0.25) is 5.88 Å². The molecule has 3 heterocycles. The van der Waals surface area contributed by atoms with Crippen LogP contribution in [0.4, 0.5) is 26.3 Å². The van der Waals surface area contributed by atoms with Crippen molar-refractivity contribution < 1.29 is 45.7 Å². The van der Waals surface area contributed by atoms with Gasteiger partial charge < -0.3 is 19.1 Å². The lowest BCUT2D eigenvalue weighted by molar-refractivity contribution is -0.212. The van der Waals surface area contributed by atoms with Crippen LogP contribution in [0.1, 0.15) is 27.3 Å². The first-order valence-corrected chi connectivity index (χ1v) is 14.6. The number of hydrogen-bond donors (Lipinski definition) is 1. The van der Waals surface area contributed by atoms with E-state index in [2.05, 4.69) is 15.1 Å². The minimum absolute atomic E-state index is 0.00533. The zero-order valence-electron chi connectivity index (χ0n) is 25.5. The van der Waals surface area contributed by atoms with Crippen molar-refractivity contribution in [3.63, 3.8) is 0 Å². The molecule has 3 aromatic heterocycles. The summed E-state index contributed by atoms with van der Waals surface area (Å²) in [6, 6.07) is 14.7. The summed E-state index contributed by atoms with van der Waals surface area (Å²) in [5.41, 5.74) is 1.28. The number of imidazole rings is 1. The maximum atomic E-state index is 15.5. The second kappa shape index (κ2) is 13.4. The molecule has 0 radical (unpaired) electrons. The third-order valence-corrected chi connectivity index (χ3v) is 7.68. The van der Waals surface area contributed by atoms with Crippen LogP contribution in [-0.2, 0) is 30.6 Å². The van der Waals surface area contributed by atoms with Gasteiger partial charge in [0.25, 0.3) is 0 Å². The van der Waals surface area contributed by atoms with E-state index in [0.717, 1.165) is 30.6 Å². The monoisotopic (exact) mass is 681 g/mol. The molecule has 0 amide bonds. The molecule has 15 heteroatoms. The average molecular weight is 682 g/mol. The van der Waals surface area contributed by atoms with E-state index in [9.17, 15) is 27.5 Å². The highest BCUT2D eigenvalue weighted by Gasteiger charge is 2.31. The zero-order valence-corrected chi connectivity index (χ0v) is 25.5. The molecule has 0 aliphatic heterocycles. The topological polar surface area (TPSA) is 104 Å². The Morgan fingerprint density at radius 1 is 0.898 bits per heavy atom. The Labute approximate surface area is 274 Å². The molecule has 0 saturated heterocycles. The van der Waals surface area contributed by atoms with Crippen molar-refractivity contribution in [3.05, 3.63) is 119 Å². The number of pyridine rings is 1.